The van der Waals surface area contributed by atoms with Crippen molar-refractivity contribution in [2.45, 2.75) is 124 Å². The molecule has 5 N–H and O–H groups in total. The van der Waals surface area contributed by atoms with Crippen LogP contribution in [-0.2, 0) is 58.9 Å². The number of aromatic hydroxyl groups is 1. The van der Waals surface area contributed by atoms with E-state index in [2.05, 4.69) is 49.6 Å². The molecule has 123 heavy (non-hydrogen) atoms. The molecule has 13 rings (SSSR count). The molecule has 3 aliphatic heterocycles. The second-order valence-corrected chi connectivity index (χ2v) is 33.0. The lowest BCUT2D eigenvalue weighted by molar-refractivity contribution is -0.108. The molecule has 9 heterocycles. The van der Waals surface area contributed by atoms with Gasteiger partial charge in [-0.1, -0.05) is 121 Å². The fourth-order valence-corrected chi connectivity index (χ4v) is 13.2. The van der Waals surface area contributed by atoms with Crippen molar-refractivity contribution in [2.75, 3.05) is 165 Å². The first-order chi connectivity index (χ1) is 59.2. The fourth-order valence-electron chi connectivity index (χ4n) is 13.2. The third-order valence-electron chi connectivity index (χ3n) is 19.4. The Hall–Kier alpha value is -11.1. The number of alkyl carbamates (subject to hydrolysis) is 1. The molecule has 0 radical (unpaired) electrons. The van der Waals surface area contributed by atoms with Gasteiger partial charge in [0.15, 0.2) is 11.3 Å². The van der Waals surface area contributed by atoms with Gasteiger partial charge in [0.25, 0.3) is 0 Å². The lowest BCUT2D eigenvalue weighted by Gasteiger charge is -2.28. The van der Waals surface area contributed by atoms with Crippen LogP contribution in [0.3, 0.4) is 0 Å². The van der Waals surface area contributed by atoms with E-state index >= 15 is 0 Å². The van der Waals surface area contributed by atoms with Crippen molar-refractivity contribution in [3.05, 3.63) is 216 Å². The van der Waals surface area contributed by atoms with Crippen LogP contribution < -0.4 is 21.1 Å². The fraction of sp³-hybridized carbons (Fsp3) is 0.473. The maximum atomic E-state index is 14.2. The molecule has 3 aliphatic rings. The second kappa shape index (κ2) is 49.3. The summed E-state index contributed by atoms with van der Waals surface area (Å²) in [7, 11) is 3.43. The van der Waals surface area contributed by atoms with Crippen LogP contribution in [-0.4, -0.2) is 276 Å². The topological polar surface area (TPSA) is 326 Å². The van der Waals surface area contributed by atoms with Crippen molar-refractivity contribution in [1.29, 1.82) is 0 Å². The number of nitrogens with zero attached hydrogens (tertiary/aromatic N) is 12. The van der Waals surface area contributed by atoms with Gasteiger partial charge in [0, 0.05) is 155 Å². The van der Waals surface area contributed by atoms with Crippen molar-refractivity contribution in [1.82, 2.24) is 68.8 Å². The number of likely N-dealkylation sites (N-methyl/N-ethyl adjacent to an activating group) is 2. The van der Waals surface area contributed by atoms with Gasteiger partial charge < -0.3 is 83.0 Å². The number of aromatic nitrogens is 6. The molecule has 0 unspecified atom stereocenters. The summed E-state index contributed by atoms with van der Waals surface area (Å²) < 4.78 is 52.8. The van der Waals surface area contributed by atoms with Crippen molar-refractivity contribution in [3.8, 4) is 34.3 Å². The maximum Gasteiger partial charge on any atom is 0.416 e. The zero-order valence-electron chi connectivity index (χ0n) is 73.6. The molecule has 3 fully saturated rings. The van der Waals surface area contributed by atoms with Gasteiger partial charge in [-0.25, -0.2) is 39.1 Å². The van der Waals surface area contributed by atoms with Crippen LogP contribution in [0.15, 0.2) is 179 Å². The standard InChI is InChI=1S/C39H46N6O6.C24H19N3O2.C15H31N3O3.C8H18N2O2.C7H13NO2/c1-39(2,3)51-37(46)40-17-20-44(19-11-18-43-21-24-48-25-22-43)38(47)50-36-33(27-31-16-10-23-49-31)42-35-32(26-29-12-6-4-7-13-29)41-34(28-45(35)36)30-14-8-5-9-15-30;28-24-21(15-19-12-7-13-29-19)26-23-20(14-17-8-3-1-4-9-17)25-22(16-27(23)24)18-10-5-2-6-11-18;1-15(2,3)21-14(19)17(4)9-7-16-6-5-8-18-10-12-20-13-11-18;1-8(2,3)12-7(11)10(4)6-5-9;9-5-1-2-8-3-6-10-7-4-8/h4-10,12-16,23,28H,11,17-22,24-27H2,1-3H3,(H,40,46);1-13,16,28H,14-15H2;16H,5-13H2,1-4H3;5-6,9H2,1-4H3;5H,1-4,6-7H2. The van der Waals surface area contributed by atoms with Gasteiger partial charge in [0.05, 0.1) is 87.8 Å². The second-order valence-electron chi connectivity index (χ2n) is 33.0. The Balaban J connectivity index is 0.000000199. The summed E-state index contributed by atoms with van der Waals surface area (Å²) in [5.41, 5.74) is 13.3. The molecule has 30 heteroatoms. The zero-order chi connectivity index (χ0) is 88.0. The van der Waals surface area contributed by atoms with Crippen LogP contribution >= 0.6 is 0 Å². The van der Waals surface area contributed by atoms with Crippen molar-refractivity contribution in [3.63, 3.8) is 0 Å². The molecule has 664 valence electrons. The molecular formula is C93H127N15O15. The lowest BCUT2D eigenvalue weighted by atomic mass is 10.1. The number of carbonyl (C=O) groups excluding carboxylic acids is 5. The highest BCUT2D eigenvalue weighted by Crippen LogP contribution is 2.32. The number of benzene rings is 4. The minimum absolute atomic E-state index is 0.116. The Bertz CT molecular complexity index is 4750. The maximum absolute atomic E-state index is 14.2. The predicted octanol–water partition coefficient (Wildman–Crippen LogP) is 13.0. The van der Waals surface area contributed by atoms with Gasteiger partial charge in [-0.3, -0.25) is 23.5 Å². The number of rotatable bonds is 30. The Morgan fingerprint density at radius 1 is 0.480 bits per heavy atom. The Morgan fingerprint density at radius 2 is 0.919 bits per heavy atom. The van der Waals surface area contributed by atoms with Crippen molar-refractivity contribution in [2.24, 2.45) is 5.73 Å². The van der Waals surface area contributed by atoms with E-state index in [4.69, 9.17) is 67.7 Å². The van der Waals surface area contributed by atoms with E-state index in [0.29, 0.717) is 106 Å². The summed E-state index contributed by atoms with van der Waals surface area (Å²) in [6.07, 6.45) is 10.6. The normalized spacial score (nSPS) is 13.9. The number of imidazole rings is 2. The number of hydrogen-bond donors (Lipinski definition) is 4. The quantitative estimate of drug-likeness (QED) is 0.0185. The molecular weight excluding hydrogens is 1570 g/mol. The molecule has 30 nitrogen and oxygen atoms in total. The highest BCUT2D eigenvalue weighted by atomic mass is 16.6. The molecule has 0 spiro atoms. The molecule has 0 saturated carbocycles. The van der Waals surface area contributed by atoms with E-state index in [1.807, 2.05) is 200 Å². The predicted molar refractivity (Wildman–Crippen MR) is 473 cm³/mol. The number of amides is 4. The van der Waals surface area contributed by atoms with Gasteiger partial charge in [0.2, 0.25) is 11.8 Å². The number of nitrogens with one attached hydrogen (secondary N) is 2. The third-order valence-corrected chi connectivity index (χ3v) is 19.4. The number of nitrogens with two attached hydrogens (primary N) is 1. The van der Waals surface area contributed by atoms with Crippen LogP contribution in [0.4, 0.5) is 19.2 Å². The highest BCUT2D eigenvalue weighted by molar-refractivity contribution is 5.73. The van der Waals surface area contributed by atoms with Crippen LogP contribution in [0.2, 0.25) is 0 Å². The summed E-state index contributed by atoms with van der Waals surface area (Å²) in [6.45, 7) is 34.1. The van der Waals surface area contributed by atoms with E-state index in [1.165, 1.54) is 4.90 Å². The molecule has 4 amide bonds. The number of fused-ring (bicyclic) bond motifs is 2. The zero-order valence-corrected chi connectivity index (χ0v) is 73.6. The summed E-state index contributed by atoms with van der Waals surface area (Å²) in [6, 6.07) is 47.5. The Labute approximate surface area is 723 Å². The number of ether oxygens (including phenoxy) is 7. The summed E-state index contributed by atoms with van der Waals surface area (Å²) in [5.74, 6) is 1.84. The molecule has 0 bridgehead atoms. The van der Waals surface area contributed by atoms with E-state index in [-0.39, 0.29) is 31.2 Å². The lowest BCUT2D eigenvalue weighted by Crippen LogP contribution is -2.43. The average Bonchev–Trinajstić information content (AvgIpc) is 1.63. The van der Waals surface area contributed by atoms with E-state index in [9.17, 15) is 29.1 Å². The Morgan fingerprint density at radius 3 is 1.38 bits per heavy atom. The van der Waals surface area contributed by atoms with Gasteiger partial charge in [-0.2, -0.15) is 0 Å². The molecule has 0 aliphatic carbocycles. The number of hydrogen-bond acceptors (Lipinski definition) is 24. The molecule has 10 aromatic rings. The molecule has 6 aromatic heterocycles. The molecule has 0 atom stereocenters. The Kier molecular flexibility index (Phi) is 38.3. The first-order valence-corrected chi connectivity index (χ1v) is 42.5. The van der Waals surface area contributed by atoms with E-state index in [0.717, 1.165) is 168 Å². The summed E-state index contributed by atoms with van der Waals surface area (Å²) >= 11 is 0. The van der Waals surface area contributed by atoms with Gasteiger partial charge >= 0.3 is 24.4 Å². The summed E-state index contributed by atoms with van der Waals surface area (Å²) in [4.78, 5) is 90.9. The van der Waals surface area contributed by atoms with Crippen molar-refractivity contribution >= 4 is 42.0 Å². The SMILES string of the molecule is CC(C)(C)OC(=O)NCCN(CCCN1CCOCC1)C(=O)Oc1c(Cc2ccco2)nc2c(Cc3ccccc3)nc(-c3ccccc3)cn12.CN(CCN)C(=O)OC(C)(C)C.CN(CCNCCCN1CCOCC1)C(=O)OC(C)(C)C.O=CCCN1CCOCC1.Oc1c(Cc2ccco2)nc2c(Cc3ccccc3)nc(-c3ccccc3)cn12. The van der Waals surface area contributed by atoms with Gasteiger partial charge in [-0.05, 0) is 124 Å². The first-order valence-electron chi connectivity index (χ1n) is 42.5. The van der Waals surface area contributed by atoms with Crippen LogP contribution in [0.5, 0.6) is 11.8 Å². The highest BCUT2D eigenvalue weighted by Gasteiger charge is 2.28. The molecule has 3 saturated heterocycles. The van der Waals surface area contributed by atoms with Crippen LogP contribution in [0.25, 0.3) is 33.8 Å². The van der Waals surface area contributed by atoms with E-state index in [1.54, 1.807) is 40.8 Å². The number of aldehydes is 1. The van der Waals surface area contributed by atoms with Gasteiger partial charge in [-0.15, -0.1) is 0 Å². The average molecular weight is 1700 g/mol. The smallest absolute Gasteiger partial charge is 0.416 e. The third kappa shape index (κ3) is 33.6. The number of carbonyl (C=O) groups is 5. The molecule has 4 aromatic carbocycles. The van der Waals surface area contributed by atoms with Gasteiger partial charge in [0.1, 0.15) is 46.0 Å². The van der Waals surface area contributed by atoms with E-state index < -0.39 is 29.0 Å². The minimum Gasteiger partial charge on any atom is -0.493 e. The minimum atomic E-state index is -0.638. The monoisotopic (exact) mass is 1690 g/mol. The number of furan rings is 2. The van der Waals surface area contributed by atoms with Crippen LogP contribution in [0.1, 0.15) is 127 Å². The largest absolute Gasteiger partial charge is 0.493 e. The first kappa shape index (κ1) is 95.7. The summed E-state index contributed by atoms with van der Waals surface area (Å²) in [5, 5.41) is 17.0. The van der Waals surface area contributed by atoms with Crippen molar-refractivity contribution < 1.29 is 71.1 Å². The number of morpholine rings is 3. The van der Waals surface area contributed by atoms with Crippen LogP contribution in [0, 0.1) is 0 Å².